The number of halogens is 3. The van der Waals surface area contributed by atoms with E-state index >= 15 is 0 Å². The molecule has 1 unspecified atom stereocenters. The van der Waals surface area contributed by atoms with Gasteiger partial charge in [0.05, 0.1) is 6.04 Å². The maximum Gasteiger partial charge on any atom is 0.130 e. The minimum Gasteiger partial charge on any atom is -0.271 e. The summed E-state index contributed by atoms with van der Waals surface area (Å²) in [6, 6.07) is 4.87. The predicted molar refractivity (Wildman–Crippen MR) is 72.1 cm³/mol. The van der Waals surface area contributed by atoms with Gasteiger partial charge in [-0.2, -0.15) is 0 Å². The van der Waals surface area contributed by atoms with E-state index < -0.39 is 17.7 Å². The molecule has 0 aliphatic carbocycles. The Hall–Kier alpha value is -1.37. The number of nitrogens with one attached hydrogen (secondary N) is 1. The largest absolute Gasteiger partial charge is 0.271 e. The summed E-state index contributed by atoms with van der Waals surface area (Å²) in [5, 5.41) is 0. The van der Waals surface area contributed by atoms with Crippen LogP contribution in [-0.4, -0.2) is 4.98 Å². The molecule has 6 heteroatoms. The molecule has 0 aliphatic rings. The third-order valence-electron chi connectivity index (χ3n) is 2.74. The Morgan fingerprint density at radius 2 is 2.05 bits per heavy atom. The number of hydrazine groups is 1. The average molecular weight is 328 g/mol. The molecule has 3 N–H and O–H groups in total. The molecule has 0 saturated carbocycles. The Labute approximate surface area is 117 Å². The average Bonchev–Trinajstić information content (AvgIpc) is 2.37. The van der Waals surface area contributed by atoms with Crippen LogP contribution in [0.1, 0.15) is 17.2 Å². The monoisotopic (exact) mass is 327 g/mol. The van der Waals surface area contributed by atoms with Crippen molar-refractivity contribution in [1.82, 2.24) is 10.4 Å². The Morgan fingerprint density at radius 1 is 1.26 bits per heavy atom. The summed E-state index contributed by atoms with van der Waals surface area (Å²) in [6.45, 7) is 0. The zero-order valence-corrected chi connectivity index (χ0v) is 11.5. The van der Waals surface area contributed by atoms with E-state index in [9.17, 15) is 8.78 Å². The van der Waals surface area contributed by atoms with Gasteiger partial charge in [0.2, 0.25) is 0 Å². The van der Waals surface area contributed by atoms with E-state index in [1.165, 1.54) is 12.1 Å². The minimum absolute atomic E-state index is 0.323. The molecular weight excluding hydrogens is 316 g/mol. The Morgan fingerprint density at radius 3 is 2.68 bits per heavy atom. The number of nitrogens with two attached hydrogens (primary N) is 1. The lowest BCUT2D eigenvalue weighted by atomic mass is 10.00. The van der Waals surface area contributed by atoms with Crippen LogP contribution in [0.25, 0.3) is 0 Å². The number of aromatic nitrogens is 1. The van der Waals surface area contributed by atoms with Crippen molar-refractivity contribution in [3.63, 3.8) is 0 Å². The van der Waals surface area contributed by atoms with Gasteiger partial charge in [-0.1, -0.05) is 6.07 Å². The van der Waals surface area contributed by atoms with Crippen LogP contribution in [-0.2, 0) is 6.42 Å². The Balaban J connectivity index is 2.25. The number of rotatable bonds is 4. The molecule has 0 amide bonds. The number of nitrogens with zero attached hydrogens (tertiary/aromatic N) is 1. The smallest absolute Gasteiger partial charge is 0.130 e. The maximum atomic E-state index is 13.7. The van der Waals surface area contributed by atoms with Crippen LogP contribution >= 0.6 is 15.9 Å². The lowest BCUT2D eigenvalue weighted by Crippen LogP contribution is -2.30. The van der Waals surface area contributed by atoms with Crippen LogP contribution in [0.5, 0.6) is 0 Å². The number of hydrogen-bond acceptors (Lipinski definition) is 3. The summed E-state index contributed by atoms with van der Waals surface area (Å²) in [5.74, 6) is 4.23. The zero-order valence-electron chi connectivity index (χ0n) is 9.91. The first-order chi connectivity index (χ1) is 9.10. The summed E-state index contributed by atoms with van der Waals surface area (Å²) < 4.78 is 27.4. The van der Waals surface area contributed by atoms with Crippen molar-refractivity contribution in [2.45, 2.75) is 12.5 Å². The molecule has 19 heavy (non-hydrogen) atoms. The molecule has 1 atom stereocenters. The fraction of sp³-hybridized carbons (Fsp3) is 0.154. The highest BCUT2D eigenvalue weighted by Gasteiger charge is 2.16. The molecule has 100 valence electrons. The van der Waals surface area contributed by atoms with Crippen molar-refractivity contribution in [3.8, 4) is 0 Å². The van der Waals surface area contributed by atoms with Crippen molar-refractivity contribution in [3.05, 3.63) is 63.9 Å². The first-order valence-corrected chi connectivity index (χ1v) is 6.40. The first kappa shape index (κ1) is 14.0. The second-order valence-electron chi connectivity index (χ2n) is 4.10. The third-order valence-corrected chi connectivity index (χ3v) is 3.17. The van der Waals surface area contributed by atoms with Gasteiger partial charge in [0, 0.05) is 28.5 Å². The molecule has 0 radical (unpaired) electrons. The highest BCUT2D eigenvalue weighted by atomic mass is 79.9. The summed E-state index contributed by atoms with van der Waals surface area (Å²) in [5.41, 5.74) is 3.75. The fourth-order valence-electron chi connectivity index (χ4n) is 1.85. The predicted octanol–water partition coefficient (Wildman–Crippen LogP) is 2.87. The standard InChI is InChI=1S/C13H12BrF2N3/c14-9-3-8(6-18-7-9)4-13(19-17)11-2-1-10(15)5-12(11)16/h1-3,5-7,13,19H,4,17H2. The van der Waals surface area contributed by atoms with Gasteiger partial charge in [-0.3, -0.25) is 16.3 Å². The third kappa shape index (κ3) is 3.56. The normalized spacial score (nSPS) is 12.4. The van der Waals surface area contributed by atoms with Crippen molar-refractivity contribution >= 4 is 15.9 Å². The van der Waals surface area contributed by atoms with E-state index in [1.54, 1.807) is 12.4 Å². The topological polar surface area (TPSA) is 50.9 Å². The van der Waals surface area contributed by atoms with E-state index in [-0.39, 0.29) is 0 Å². The molecular formula is C13H12BrF2N3. The van der Waals surface area contributed by atoms with Crippen LogP contribution in [0.15, 0.2) is 41.1 Å². The second kappa shape index (κ2) is 6.18. The molecule has 3 nitrogen and oxygen atoms in total. The van der Waals surface area contributed by atoms with Gasteiger partial charge in [-0.15, -0.1) is 0 Å². The Bertz CT molecular complexity index is 578. The van der Waals surface area contributed by atoms with Crippen molar-refractivity contribution in [2.75, 3.05) is 0 Å². The summed E-state index contributed by atoms with van der Waals surface area (Å²) in [7, 11) is 0. The SMILES string of the molecule is NNC(Cc1cncc(Br)c1)c1ccc(F)cc1F. The van der Waals surface area contributed by atoms with Crippen LogP contribution < -0.4 is 11.3 Å². The molecule has 0 saturated heterocycles. The van der Waals surface area contributed by atoms with Crippen LogP contribution in [0.3, 0.4) is 0 Å². The van der Waals surface area contributed by atoms with Gasteiger partial charge in [-0.25, -0.2) is 8.78 Å². The maximum absolute atomic E-state index is 13.7. The number of hydrogen-bond donors (Lipinski definition) is 2. The van der Waals surface area contributed by atoms with Crippen LogP contribution in [0.2, 0.25) is 0 Å². The molecule has 1 aromatic heterocycles. The summed E-state index contributed by atoms with van der Waals surface area (Å²) >= 11 is 3.32. The van der Waals surface area contributed by atoms with Gasteiger partial charge >= 0.3 is 0 Å². The van der Waals surface area contributed by atoms with Gasteiger partial charge in [0.15, 0.2) is 0 Å². The molecule has 2 aromatic rings. The lowest BCUT2D eigenvalue weighted by Gasteiger charge is -2.17. The highest BCUT2D eigenvalue weighted by Crippen LogP contribution is 2.22. The van der Waals surface area contributed by atoms with Gasteiger partial charge in [0.25, 0.3) is 0 Å². The second-order valence-corrected chi connectivity index (χ2v) is 5.02. The van der Waals surface area contributed by atoms with E-state index in [2.05, 4.69) is 26.3 Å². The van der Waals surface area contributed by atoms with Gasteiger partial charge < -0.3 is 0 Å². The van der Waals surface area contributed by atoms with E-state index in [0.29, 0.717) is 12.0 Å². The van der Waals surface area contributed by atoms with Crippen LogP contribution in [0, 0.1) is 11.6 Å². The van der Waals surface area contributed by atoms with E-state index in [0.717, 1.165) is 16.1 Å². The first-order valence-electron chi connectivity index (χ1n) is 5.60. The Kier molecular flexibility index (Phi) is 4.57. The van der Waals surface area contributed by atoms with Gasteiger partial charge in [-0.05, 0) is 40.0 Å². The number of benzene rings is 1. The molecule has 0 spiro atoms. The molecule has 2 rings (SSSR count). The highest BCUT2D eigenvalue weighted by molar-refractivity contribution is 9.10. The van der Waals surface area contributed by atoms with E-state index in [1.807, 2.05) is 6.07 Å². The fourth-order valence-corrected chi connectivity index (χ4v) is 2.26. The zero-order chi connectivity index (χ0) is 13.8. The summed E-state index contributed by atoms with van der Waals surface area (Å²) in [4.78, 5) is 4.03. The quantitative estimate of drug-likeness (QED) is 0.670. The minimum atomic E-state index is -0.620. The van der Waals surface area contributed by atoms with Crippen LogP contribution in [0.4, 0.5) is 8.78 Å². The molecule has 1 aromatic carbocycles. The molecule has 0 bridgehead atoms. The summed E-state index contributed by atoms with van der Waals surface area (Å²) in [6.07, 6.45) is 3.79. The van der Waals surface area contributed by atoms with Crippen molar-refractivity contribution in [1.29, 1.82) is 0 Å². The van der Waals surface area contributed by atoms with Crippen molar-refractivity contribution in [2.24, 2.45) is 5.84 Å². The lowest BCUT2D eigenvalue weighted by molar-refractivity contribution is 0.502. The molecule has 0 fully saturated rings. The number of pyridine rings is 1. The van der Waals surface area contributed by atoms with E-state index in [4.69, 9.17) is 5.84 Å². The molecule has 1 heterocycles. The van der Waals surface area contributed by atoms with Crippen molar-refractivity contribution < 1.29 is 8.78 Å². The van der Waals surface area contributed by atoms with Gasteiger partial charge in [0.1, 0.15) is 11.6 Å². The molecule has 0 aliphatic heterocycles.